The molecule has 0 saturated carbocycles. The van der Waals surface area contributed by atoms with E-state index in [1.807, 2.05) is 19.9 Å². The summed E-state index contributed by atoms with van der Waals surface area (Å²) in [5, 5.41) is 15.7. The number of pyridine rings is 2. The normalized spacial score (nSPS) is 18.1. The number of hydrogen-bond acceptors (Lipinski definition) is 8. The molecule has 4 bridgehead atoms. The summed E-state index contributed by atoms with van der Waals surface area (Å²) in [5.41, 5.74) is 5.82. The Morgan fingerprint density at radius 1 is 0.812 bits per heavy atom. The van der Waals surface area contributed by atoms with Gasteiger partial charge >= 0.3 is 7.69 Å². The predicted octanol–water partition coefficient (Wildman–Crippen LogP) is 7.58. The molecular weight excluding hydrogens is 647 g/mol. The fourth-order valence-corrected chi connectivity index (χ4v) is 6.49. The van der Waals surface area contributed by atoms with Gasteiger partial charge in [0, 0.05) is 55.0 Å². The predicted molar refractivity (Wildman–Crippen MR) is 182 cm³/mol. The van der Waals surface area contributed by atoms with Crippen molar-refractivity contribution in [3.05, 3.63) is 88.1 Å². The van der Waals surface area contributed by atoms with E-state index in [1.54, 1.807) is 6.07 Å². The van der Waals surface area contributed by atoms with E-state index < -0.39 is 12.9 Å². The van der Waals surface area contributed by atoms with E-state index >= 15 is 0 Å². The minimum atomic E-state index is -2.52. The highest BCUT2D eigenvalue weighted by molar-refractivity contribution is 6.30. The third kappa shape index (κ3) is 7.42. The molecule has 0 aliphatic carbocycles. The third-order valence-corrected chi connectivity index (χ3v) is 9.16. The number of aryl methyl sites for hydroxylation is 2. The standard InChI is InChI=1S/C17H17F2N3.C10H12ClN3.C7H6BF2O2/c1-10-7-14-17(20-13-5-6-22(14)9-13)21-15(10)11-3-2-4-12(8-11)16(18)19;1-6-4-8-10(13-9(6)11)12-7-2-3-14(8)5-7;9-7(10)5-2-1-3-6(4-5)12-8-11/h2-4,7-8,13,16H,5-6,9H2,1H3,(H,20,21);4,7H,2-3,5H2,1H3,(H,12,13);1-4,7,11H/t13-;7-;/m00./s1. The lowest BCUT2D eigenvalue weighted by molar-refractivity contribution is 0.151. The maximum Gasteiger partial charge on any atom is 0.569 e. The lowest BCUT2D eigenvalue weighted by Gasteiger charge is -2.28. The molecule has 4 aliphatic rings. The van der Waals surface area contributed by atoms with Gasteiger partial charge in [0.15, 0.2) is 11.6 Å². The molecule has 14 heteroatoms. The number of benzene rings is 2. The topological polar surface area (TPSA) is 85.8 Å². The van der Waals surface area contributed by atoms with Crippen molar-refractivity contribution in [1.82, 2.24) is 9.97 Å². The van der Waals surface area contributed by atoms with Crippen molar-refractivity contribution >= 4 is 42.3 Å². The van der Waals surface area contributed by atoms with Crippen molar-refractivity contribution < 1.29 is 27.2 Å². The van der Waals surface area contributed by atoms with Crippen LogP contribution in [0.25, 0.3) is 11.3 Å². The molecule has 251 valence electrons. The van der Waals surface area contributed by atoms with Gasteiger partial charge in [0.1, 0.15) is 10.9 Å². The van der Waals surface area contributed by atoms with Crippen LogP contribution in [0, 0.1) is 13.8 Å². The lowest BCUT2D eigenvalue weighted by atomic mass is 10.0. The Labute approximate surface area is 282 Å². The first-order valence-corrected chi connectivity index (χ1v) is 16.1. The van der Waals surface area contributed by atoms with Crippen molar-refractivity contribution in [1.29, 1.82) is 0 Å². The number of fused-ring (bicyclic) bond motifs is 8. The Bertz CT molecular complexity index is 1770. The zero-order valence-corrected chi connectivity index (χ0v) is 27.2. The summed E-state index contributed by atoms with van der Waals surface area (Å²) in [7, 11) is 0.449. The molecule has 0 unspecified atom stereocenters. The number of hydrogen-bond donors (Lipinski definition) is 3. The highest BCUT2D eigenvalue weighted by Crippen LogP contribution is 2.39. The van der Waals surface area contributed by atoms with E-state index in [9.17, 15) is 17.6 Å². The van der Waals surface area contributed by atoms with E-state index in [4.69, 9.17) is 21.6 Å². The number of rotatable bonds is 5. The zero-order valence-electron chi connectivity index (χ0n) is 26.4. The number of nitrogens with one attached hydrogen (secondary N) is 2. The highest BCUT2D eigenvalue weighted by Gasteiger charge is 2.32. The summed E-state index contributed by atoms with van der Waals surface area (Å²) >= 11 is 5.99. The Hall–Kier alpha value is -4.23. The first-order chi connectivity index (χ1) is 23.1. The number of nitrogens with zero attached hydrogens (tertiary/aromatic N) is 4. The van der Waals surface area contributed by atoms with Gasteiger partial charge in [-0.3, -0.25) is 0 Å². The Balaban J connectivity index is 0.000000134. The molecule has 2 fully saturated rings. The van der Waals surface area contributed by atoms with E-state index in [0.717, 1.165) is 78.4 Å². The van der Waals surface area contributed by atoms with Gasteiger partial charge in [-0.2, -0.15) is 0 Å². The largest absolute Gasteiger partial charge is 0.569 e. The van der Waals surface area contributed by atoms with Gasteiger partial charge in [-0.1, -0.05) is 41.9 Å². The average molecular weight is 682 g/mol. The van der Waals surface area contributed by atoms with Crippen molar-refractivity contribution in [2.75, 3.05) is 46.6 Å². The molecule has 3 N–H and O–H groups in total. The van der Waals surface area contributed by atoms with Gasteiger partial charge in [-0.05, 0) is 68.1 Å². The first kappa shape index (κ1) is 33.7. The fourth-order valence-electron chi connectivity index (χ4n) is 6.35. The number of aromatic nitrogens is 2. The monoisotopic (exact) mass is 681 g/mol. The molecule has 2 atom stereocenters. The van der Waals surface area contributed by atoms with Crippen LogP contribution in [0.2, 0.25) is 5.15 Å². The summed E-state index contributed by atoms with van der Waals surface area (Å²) in [6.45, 7) is 8.29. The van der Waals surface area contributed by atoms with E-state index in [-0.39, 0.29) is 16.9 Å². The molecule has 2 saturated heterocycles. The van der Waals surface area contributed by atoms with Gasteiger partial charge in [0.25, 0.3) is 12.9 Å². The van der Waals surface area contributed by atoms with Crippen LogP contribution in [0.4, 0.5) is 40.6 Å². The van der Waals surface area contributed by atoms with Crippen LogP contribution in [0.15, 0.2) is 60.7 Å². The van der Waals surface area contributed by atoms with E-state index in [0.29, 0.717) is 24.9 Å². The second-order valence-electron chi connectivity index (χ2n) is 12.2. The van der Waals surface area contributed by atoms with Crippen molar-refractivity contribution in [2.24, 2.45) is 0 Å². The van der Waals surface area contributed by atoms with Crippen molar-refractivity contribution in [2.45, 2.75) is 51.6 Å². The Kier molecular flexibility index (Phi) is 10.2. The molecule has 1 radical (unpaired) electrons. The molecule has 2 aromatic heterocycles. The Morgan fingerprint density at radius 3 is 1.98 bits per heavy atom. The molecule has 8 rings (SSSR count). The lowest BCUT2D eigenvalue weighted by Crippen LogP contribution is -2.32. The third-order valence-electron chi connectivity index (χ3n) is 8.77. The SMILES string of the molecule is Cc1cc2c(nc1-c1cccc(C(F)F)c1)N[C@H]1CCN2C1.Cc1cc2c(nc1Cl)N[C@H]1CCN2C1.O[B]Oc1cccc(C(F)F)c1. The Morgan fingerprint density at radius 2 is 1.38 bits per heavy atom. The summed E-state index contributed by atoms with van der Waals surface area (Å²) < 4.78 is 54.4. The quantitative estimate of drug-likeness (QED) is 0.113. The zero-order chi connectivity index (χ0) is 33.9. The van der Waals surface area contributed by atoms with Crippen LogP contribution >= 0.6 is 11.6 Å². The van der Waals surface area contributed by atoms with Crippen LogP contribution in [-0.4, -0.2) is 60.9 Å². The molecule has 0 amide bonds. The van der Waals surface area contributed by atoms with Crippen LogP contribution in [-0.2, 0) is 0 Å². The summed E-state index contributed by atoms with van der Waals surface area (Å²) in [6, 6.07) is 17.1. The van der Waals surface area contributed by atoms with E-state index in [2.05, 4.69) is 42.2 Å². The summed E-state index contributed by atoms with van der Waals surface area (Å²) in [4.78, 5) is 13.8. The smallest absolute Gasteiger partial charge is 0.537 e. The fraction of sp³-hybridized carbons (Fsp3) is 0.353. The molecule has 8 nitrogen and oxygen atoms in total. The molecule has 0 spiro atoms. The van der Waals surface area contributed by atoms with Gasteiger partial charge in [0.2, 0.25) is 0 Å². The van der Waals surface area contributed by atoms with Crippen LogP contribution < -0.4 is 25.1 Å². The maximum atomic E-state index is 12.9. The van der Waals surface area contributed by atoms with Gasteiger partial charge in [0.05, 0.1) is 17.1 Å². The van der Waals surface area contributed by atoms with Crippen molar-refractivity contribution in [3.63, 3.8) is 0 Å². The van der Waals surface area contributed by atoms with Gasteiger partial charge < -0.3 is 30.1 Å². The summed E-state index contributed by atoms with van der Waals surface area (Å²) in [6.07, 6.45) is -2.66. The van der Waals surface area contributed by atoms with Gasteiger partial charge in [-0.25, -0.2) is 27.5 Å². The van der Waals surface area contributed by atoms with Crippen LogP contribution in [0.1, 0.15) is 47.9 Å². The van der Waals surface area contributed by atoms with Crippen LogP contribution in [0.3, 0.4) is 0 Å². The van der Waals surface area contributed by atoms with Crippen molar-refractivity contribution in [3.8, 4) is 17.0 Å². The molecule has 48 heavy (non-hydrogen) atoms. The molecular formula is C34H35BClF4N6O2. The number of halogens is 5. The minimum absolute atomic E-state index is 0.0354. The molecule has 6 heterocycles. The van der Waals surface area contributed by atoms with E-state index in [1.165, 1.54) is 42.4 Å². The minimum Gasteiger partial charge on any atom is -0.537 e. The maximum absolute atomic E-state index is 12.9. The molecule has 2 aromatic carbocycles. The second-order valence-corrected chi connectivity index (χ2v) is 12.5. The first-order valence-electron chi connectivity index (χ1n) is 15.7. The second kappa shape index (κ2) is 14.5. The van der Waals surface area contributed by atoms with Gasteiger partial charge in [-0.15, -0.1) is 0 Å². The highest BCUT2D eigenvalue weighted by atomic mass is 35.5. The number of anilines is 4. The van der Waals surface area contributed by atoms with Crippen LogP contribution in [0.5, 0.6) is 5.75 Å². The summed E-state index contributed by atoms with van der Waals surface area (Å²) in [5.74, 6) is 2.02. The molecule has 4 aromatic rings. The number of alkyl halides is 4. The molecule has 4 aliphatic heterocycles. The average Bonchev–Trinajstić information content (AvgIpc) is 3.67.